The quantitative estimate of drug-likeness (QED) is 0.882. The minimum absolute atomic E-state index is 0.440. The fraction of sp³-hybridized carbons (Fsp3) is 0.462. The molecule has 0 aliphatic carbocycles. The van der Waals surface area contributed by atoms with E-state index in [0.717, 1.165) is 22.4 Å². The van der Waals surface area contributed by atoms with Gasteiger partial charge in [0.15, 0.2) is 0 Å². The first-order valence-corrected chi connectivity index (χ1v) is 7.35. The number of benzene rings is 1. The predicted octanol–water partition coefficient (Wildman–Crippen LogP) is 3.59. The molecule has 18 heavy (non-hydrogen) atoms. The largest absolute Gasteiger partial charge is 0.382 e. The zero-order valence-corrected chi connectivity index (χ0v) is 12.2. The van der Waals surface area contributed by atoms with E-state index in [1.165, 1.54) is 0 Å². The van der Waals surface area contributed by atoms with Crippen LogP contribution in [-0.4, -0.2) is 18.1 Å². The van der Waals surface area contributed by atoms with Crippen molar-refractivity contribution in [1.29, 1.82) is 0 Å². The molecule has 0 spiro atoms. The molecule has 1 aromatic carbocycles. The fourth-order valence-electron chi connectivity index (χ4n) is 1.90. The average molecular weight is 284 g/mol. The van der Waals surface area contributed by atoms with Crippen molar-refractivity contribution in [3.8, 4) is 0 Å². The van der Waals surface area contributed by atoms with Crippen molar-refractivity contribution in [2.24, 2.45) is 17.6 Å². The Hall–Kier alpha value is -0.840. The molecule has 0 radical (unpaired) electrons. The lowest BCUT2D eigenvalue weighted by atomic mass is 9.96. The number of rotatable bonds is 5. The molecule has 0 aliphatic rings. The highest BCUT2D eigenvalue weighted by molar-refractivity contribution is 7.16. The number of fused-ring (bicyclic) bond motifs is 1. The van der Waals surface area contributed by atoms with E-state index in [1.54, 1.807) is 11.3 Å². The lowest BCUT2D eigenvalue weighted by molar-refractivity contribution is 0.413. The Labute approximate surface area is 116 Å². The number of aromatic nitrogens is 1. The lowest BCUT2D eigenvalue weighted by Gasteiger charge is -2.20. The molecule has 5 heteroatoms. The lowest BCUT2D eigenvalue weighted by Crippen LogP contribution is -2.27. The van der Waals surface area contributed by atoms with E-state index in [0.29, 0.717) is 23.4 Å². The van der Waals surface area contributed by atoms with Crippen LogP contribution in [0.25, 0.3) is 10.2 Å². The summed E-state index contributed by atoms with van der Waals surface area (Å²) >= 11 is 7.86. The fourth-order valence-corrected chi connectivity index (χ4v) is 2.80. The highest BCUT2D eigenvalue weighted by Crippen LogP contribution is 2.32. The van der Waals surface area contributed by atoms with Crippen molar-refractivity contribution in [2.45, 2.75) is 13.8 Å². The van der Waals surface area contributed by atoms with Crippen LogP contribution in [0.1, 0.15) is 13.8 Å². The average Bonchev–Trinajstić information content (AvgIpc) is 2.80. The SMILES string of the molecule is CC(C)C(CN)CNc1c(Cl)ccc2scnc12. The topological polar surface area (TPSA) is 50.9 Å². The van der Waals surface area contributed by atoms with Gasteiger partial charge in [-0.15, -0.1) is 11.3 Å². The zero-order chi connectivity index (χ0) is 13.1. The molecule has 98 valence electrons. The molecule has 2 rings (SSSR count). The van der Waals surface area contributed by atoms with Gasteiger partial charge in [0.1, 0.15) is 5.52 Å². The molecule has 1 heterocycles. The Kier molecular flexibility index (Phi) is 4.43. The van der Waals surface area contributed by atoms with Crippen LogP contribution in [0.5, 0.6) is 0 Å². The molecule has 1 aromatic heterocycles. The molecule has 0 amide bonds. The van der Waals surface area contributed by atoms with Gasteiger partial charge in [-0.25, -0.2) is 4.98 Å². The summed E-state index contributed by atoms with van der Waals surface area (Å²) in [6.45, 7) is 5.87. The summed E-state index contributed by atoms with van der Waals surface area (Å²) in [5.74, 6) is 0.992. The van der Waals surface area contributed by atoms with Gasteiger partial charge < -0.3 is 11.1 Å². The summed E-state index contributed by atoms with van der Waals surface area (Å²) < 4.78 is 1.15. The first-order chi connectivity index (χ1) is 8.63. The molecule has 0 saturated heterocycles. The van der Waals surface area contributed by atoms with Crippen molar-refractivity contribution in [2.75, 3.05) is 18.4 Å². The Morgan fingerprint density at radius 2 is 2.22 bits per heavy atom. The second-order valence-electron chi connectivity index (χ2n) is 4.74. The van der Waals surface area contributed by atoms with Crippen molar-refractivity contribution in [1.82, 2.24) is 4.98 Å². The first-order valence-electron chi connectivity index (χ1n) is 6.09. The van der Waals surface area contributed by atoms with Crippen LogP contribution in [0.2, 0.25) is 5.02 Å². The molecule has 0 fully saturated rings. The van der Waals surface area contributed by atoms with Crippen LogP contribution in [0, 0.1) is 11.8 Å². The smallest absolute Gasteiger partial charge is 0.106 e. The van der Waals surface area contributed by atoms with Gasteiger partial charge in [0.05, 0.1) is 20.9 Å². The highest BCUT2D eigenvalue weighted by atomic mass is 35.5. The molecule has 3 nitrogen and oxygen atoms in total. The van der Waals surface area contributed by atoms with Gasteiger partial charge in [0.2, 0.25) is 0 Å². The number of nitrogens with zero attached hydrogens (tertiary/aromatic N) is 1. The Morgan fingerprint density at radius 3 is 2.89 bits per heavy atom. The number of halogens is 1. The summed E-state index contributed by atoms with van der Waals surface area (Å²) in [6.07, 6.45) is 0. The maximum atomic E-state index is 6.24. The van der Waals surface area contributed by atoms with Crippen LogP contribution in [0.15, 0.2) is 17.6 Å². The van der Waals surface area contributed by atoms with E-state index in [2.05, 4.69) is 24.1 Å². The summed E-state index contributed by atoms with van der Waals surface area (Å²) in [4.78, 5) is 4.37. The highest BCUT2D eigenvalue weighted by Gasteiger charge is 2.14. The second-order valence-corrected chi connectivity index (χ2v) is 6.04. The Bertz CT molecular complexity index is 524. The van der Waals surface area contributed by atoms with Gasteiger partial charge in [0.25, 0.3) is 0 Å². The third-order valence-corrected chi connectivity index (χ3v) is 4.35. The maximum absolute atomic E-state index is 6.24. The van der Waals surface area contributed by atoms with Crippen LogP contribution < -0.4 is 11.1 Å². The van der Waals surface area contributed by atoms with Gasteiger partial charge in [-0.05, 0) is 30.5 Å². The molecule has 0 aliphatic heterocycles. The van der Waals surface area contributed by atoms with Crippen LogP contribution in [-0.2, 0) is 0 Å². The number of nitrogens with one attached hydrogen (secondary N) is 1. The summed E-state index contributed by atoms with van der Waals surface area (Å²) in [5, 5.41) is 4.12. The van der Waals surface area contributed by atoms with Gasteiger partial charge in [-0.1, -0.05) is 25.4 Å². The van der Waals surface area contributed by atoms with Crippen LogP contribution in [0.3, 0.4) is 0 Å². The van der Waals surface area contributed by atoms with Gasteiger partial charge in [-0.3, -0.25) is 0 Å². The number of anilines is 1. The second kappa shape index (κ2) is 5.87. The van der Waals surface area contributed by atoms with Gasteiger partial charge in [-0.2, -0.15) is 0 Å². The molecular weight excluding hydrogens is 266 g/mol. The monoisotopic (exact) mass is 283 g/mol. The number of nitrogens with two attached hydrogens (primary N) is 1. The predicted molar refractivity (Wildman–Crippen MR) is 80.5 cm³/mol. The van der Waals surface area contributed by atoms with Crippen molar-refractivity contribution >= 4 is 38.8 Å². The van der Waals surface area contributed by atoms with E-state index in [1.807, 2.05) is 17.6 Å². The normalized spacial score (nSPS) is 13.2. The van der Waals surface area contributed by atoms with E-state index in [4.69, 9.17) is 17.3 Å². The summed E-state index contributed by atoms with van der Waals surface area (Å²) in [5.41, 5.74) is 9.50. The van der Waals surface area contributed by atoms with Crippen molar-refractivity contribution < 1.29 is 0 Å². The van der Waals surface area contributed by atoms with Crippen LogP contribution in [0.4, 0.5) is 5.69 Å². The van der Waals surface area contributed by atoms with E-state index in [-0.39, 0.29) is 0 Å². The number of hydrogen-bond donors (Lipinski definition) is 2. The molecule has 2 aromatic rings. The number of thiazole rings is 1. The third-order valence-electron chi connectivity index (χ3n) is 3.24. The Morgan fingerprint density at radius 1 is 1.44 bits per heavy atom. The summed E-state index contributed by atoms with van der Waals surface area (Å²) in [7, 11) is 0. The minimum Gasteiger partial charge on any atom is -0.382 e. The first kappa shape index (κ1) is 13.6. The Balaban J connectivity index is 2.20. The maximum Gasteiger partial charge on any atom is 0.106 e. The standard InChI is InChI=1S/C13H18ClN3S/c1-8(2)9(5-15)6-16-12-10(14)3-4-11-13(12)17-7-18-11/h3-4,7-9,16H,5-6,15H2,1-2H3. The molecule has 0 bridgehead atoms. The van der Waals surface area contributed by atoms with Crippen LogP contribution >= 0.6 is 22.9 Å². The molecule has 1 atom stereocenters. The van der Waals surface area contributed by atoms with Crippen molar-refractivity contribution in [3.63, 3.8) is 0 Å². The molecule has 3 N–H and O–H groups in total. The van der Waals surface area contributed by atoms with E-state index in [9.17, 15) is 0 Å². The zero-order valence-electron chi connectivity index (χ0n) is 10.6. The number of hydrogen-bond acceptors (Lipinski definition) is 4. The minimum atomic E-state index is 0.440. The van der Waals surface area contributed by atoms with E-state index >= 15 is 0 Å². The molecule has 0 saturated carbocycles. The molecular formula is C13H18ClN3S. The van der Waals surface area contributed by atoms with E-state index < -0.39 is 0 Å². The summed E-state index contributed by atoms with van der Waals surface area (Å²) in [6, 6.07) is 3.92. The molecule has 1 unspecified atom stereocenters. The van der Waals surface area contributed by atoms with Gasteiger partial charge >= 0.3 is 0 Å². The third kappa shape index (κ3) is 2.76. The van der Waals surface area contributed by atoms with Gasteiger partial charge in [0, 0.05) is 6.54 Å². The van der Waals surface area contributed by atoms with Crippen molar-refractivity contribution in [3.05, 3.63) is 22.7 Å².